The van der Waals surface area contributed by atoms with Crippen LogP contribution in [0.15, 0.2) is 16.9 Å². The molecule has 2 aromatic rings. The van der Waals surface area contributed by atoms with Crippen molar-refractivity contribution in [2.24, 2.45) is 0 Å². The molecule has 24 heavy (non-hydrogen) atoms. The summed E-state index contributed by atoms with van der Waals surface area (Å²) in [5.74, 6) is 0.506. The second kappa shape index (κ2) is 6.19. The van der Waals surface area contributed by atoms with E-state index < -0.39 is 0 Å². The summed E-state index contributed by atoms with van der Waals surface area (Å²) in [5.41, 5.74) is 7.05. The number of hydrogen-bond donors (Lipinski definition) is 4. The van der Waals surface area contributed by atoms with Crippen molar-refractivity contribution in [1.82, 2.24) is 9.36 Å². The first-order valence-electron chi connectivity index (χ1n) is 7.51. The summed E-state index contributed by atoms with van der Waals surface area (Å²) in [4.78, 5) is 23.1. The minimum absolute atomic E-state index is 0.0567. The highest BCUT2D eigenvalue weighted by atomic mass is 16.5. The number of nitrogens with two attached hydrogens (primary N) is 1. The van der Waals surface area contributed by atoms with Gasteiger partial charge in [-0.2, -0.15) is 0 Å². The predicted octanol–water partition coefficient (Wildman–Crippen LogP) is 0.704. The minimum atomic E-state index is -0.210. The molecule has 0 saturated heterocycles. The topological polar surface area (TPSA) is 124 Å². The molecule has 0 amide bonds. The van der Waals surface area contributed by atoms with Gasteiger partial charge >= 0.3 is 0 Å². The Bertz CT molecular complexity index is 839. The second-order valence-electron chi connectivity index (χ2n) is 5.41. The zero-order chi connectivity index (χ0) is 17.3. The van der Waals surface area contributed by atoms with Crippen LogP contribution in [-0.2, 0) is 17.9 Å². The quantitative estimate of drug-likeness (QED) is 0.453. The molecule has 0 atom stereocenters. The molecule has 2 heterocycles. The van der Waals surface area contributed by atoms with E-state index in [1.54, 1.807) is 9.36 Å². The van der Waals surface area contributed by atoms with Gasteiger partial charge in [0.1, 0.15) is 17.8 Å². The SMILES string of the molecule is COc1cc(Nc2c(N)n3n(c2=O)CCC3)c(NCC=O)cc1O. The van der Waals surface area contributed by atoms with Crippen LogP contribution in [0.4, 0.5) is 22.9 Å². The molecule has 0 aliphatic carbocycles. The number of carbonyl (C=O) groups excluding carboxylic acids is 1. The van der Waals surface area contributed by atoms with Crippen LogP contribution >= 0.6 is 0 Å². The second-order valence-corrected chi connectivity index (χ2v) is 5.41. The van der Waals surface area contributed by atoms with Crippen molar-refractivity contribution in [3.05, 3.63) is 22.5 Å². The number of hydrogen-bond acceptors (Lipinski definition) is 7. The number of rotatable bonds is 6. The molecule has 9 heteroatoms. The summed E-state index contributed by atoms with van der Waals surface area (Å²) in [6.45, 7) is 1.37. The van der Waals surface area contributed by atoms with Gasteiger partial charge in [0.05, 0.1) is 25.0 Å². The summed E-state index contributed by atoms with van der Waals surface area (Å²) in [7, 11) is 1.42. The molecule has 1 aromatic heterocycles. The number of aromatic hydroxyl groups is 1. The van der Waals surface area contributed by atoms with Crippen molar-refractivity contribution in [3.8, 4) is 11.5 Å². The van der Waals surface area contributed by atoms with E-state index in [4.69, 9.17) is 10.5 Å². The number of benzene rings is 1. The number of nitrogens with zero attached hydrogens (tertiary/aromatic N) is 2. The Morgan fingerprint density at radius 1 is 1.33 bits per heavy atom. The first-order valence-corrected chi connectivity index (χ1v) is 7.51. The van der Waals surface area contributed by atoms with Crippen LogP contribution < -0.4 is 26.7 Å². The van der Waals surface area contributed by atoms with E-state index in [0.29, 0.717) is 36.6 Å². The number of anilines is 4. The molecule has 0 radical (unpaired) electrons. The van der Waals surface area contributed by atoms with Crippen LogP contribution in [0.3, 0.4) is 0 Å². The van der Waals surface area contributed by atoms with Crippen LogP contribution in [0.2, 0.25) is 0 Å². The highest BCUT2D eigenvalue weighted by molar-refractivity contribution is 5.82. The van der Waals surface area contributed by atoms with E-state index in [0.717, 1.165) is 6.42 Å². The van der Waals surface area contributed by atoms with E-state index in [9.17, 15) is 14.7 Å². The first-order chi connectivity index (χ1) is 11.6. The number of aromatic nitrogens is 2. The molecule has 3 rings (SSSR count). The largest absolute Gasteiger partial charge is 0.504 e. The normalized spacial score (nSPS) is 12.7. The fraction of sp³-hybridized carbons (Fsp3) is 0.333. The third-order valence-corrected chi connectivity index (χ3v) is 3.97. The molecular weight excluding hydrogens is 314 g/mol. The van der Waals surface area contributed by atoms with Crippen LogP contribution in [0.5, 0.6) is 11.5 Å². The van der Waals surface area contributed by atoms with Crippen LogP contribution in [0.1, 0.15) is 6.42 Å². The molecule has 1 aromatic carbocycles. The lowest BCUT2D eigenvalue weighted by molar-refractivity contribution is -0.106. The lowest BCUT2D eigenvalue weighted by Crippen LogP contribution is -2.18. The van der Waals surface area contributed by atoms with Crippen LogP contribution in [0, 0.1) is 0 Å². The predicted molar refractivity (Wildman–Crippen MR) is 90.2 cm³/mol. The highest BCUT2D eigenvalue weighted by Gasteiger charge is 2.22. The van der Waals surface area contributed by atoms with Gasteiger partial charge in [-0.15, -0.1) is 0 Å². The molecule has 0 saturated carbocycles. The van der Waals surface area contributed by atoms with Crippen LogP contribution in [0.25, 0.3) is 0 Å². The van der Waals surface area contributed by atoms with Crippen molar-refractivity contribution < 1.29 is 14.6 Å². The first kappa shape index (κ1) is 15.8. The van der Waals surface area contributed by atoms with Crippen molar-refractivity contribution in [2.45, 2.75) is 19.5 Å². The fourth-order valence-electron chi connectivity index (χ4n) is 2.83. The molecule has 0 unspecified atom stereocenters. The number of phenols is 1. The number of ether oxygens (including phenoxy) is 1. The van der Waals surface area contributed by atoms with Gasteiger partial charge in [-0.05, 0) is 6.42 Å². The molecule has 9 nitrogen and oxygen atoms in total. The van der Waals surface area contributed by atoms with E-state index in [2.05, 4.69) is 10.6 Å². The van der Waals surface area contributed by atoms with E-state index in [1.165, 1.54) is 19.2 Å². The van der Waals surface area contributed by atoms with Gasteiger partial charge in [-0.3, -0.25) is 9.48 Å². The standard InChI is InChI=1S/C15H19N5O4/c1-24-12-8-10(9(7-11(12)22)17-3-6-21)18-13-14(16)19-4-2-5-20(19)15(13)23/h6-8,17-18,22H,2-5,16H2,1H3. The Balaban J connectivity index is 2.03. The van der Waals surface area contributed by atoms with Gasteiger partial charge in [0.2, 0.25) is 0 Å². The number of fused-ring (bicyclic) bond motifs is 1. The van der Waals surface area contributed by atoms with E-state index in [-0.39, 0.29) is 29.3 Å². The maximum Gasteiger partial charge on any atom is 0.292 e. The molecule has 128 valence electrons. The average Bonchev–Trinajstić information content (AvgIpc) is 3.14. The summed E-state index contributed by atoms with van der Waals surface area (Å²) < 4.78 is 8.43. The third kappa shape index (κ3) is 2.53. The maximum atomic E-state index is 12.5. The van der Waals surface area contributed by atoms with Crippen molar-refractivity contribution in [2.75, 3.05) is 30.0 Å². The Labute approximate surface area is 137 Å². The average molecular weight is 333 g/mol. The third-order valence-electron chi connectivity index (χ3n) is 3.97. The molecular formula is C15H19N5O4. The zero-order valence-corrected chi connectivity index (χ0v) is 13.2. The minimum Gasteiger partial charge on any atom is -0.504 e. The molecule has 1 aliphatic rings. The van der Waals surface area contributed by atoms with Crippen molar-refractivity contribution in [3.63, 3.8) is 0 Å². The zero-order valence-electron chi connectivity index (χ0n) is 13.2. The Morgan fingerprint density at radius 2 is 2.08 bits per heavy atom. The van der Waals surface area contributed by atoms with Crippen molar-refractivity contribution in [1.29, 1.82) is 0 Å². The molecule has 1 aliphatic heterocycles. The summed E-state index contributed by atoms with van der Waals surface area (Å²) in [5, 5.41) is 15.8. The number of phenolic OH excluding ortho intramolecular Hbond substituents is 1. The van der Waals surface area contributed by atoms with Gasteiger partial charge < -0.3 is 31.0 Å². The number of aldehydes is 1. The van der Waals surface area contributed by atoms with Gasteiger partial charge in [0.25, 0.3) is 5.56 Å². The Kier molecular flexibility index (Phi) is 4.07. The summed E-state index contributed by atoms with van der Waals surface area (Å²) in [6, 6.07) is 2.96. The lowest BCUT2D eigenvalue weighted by atomic mass is 10.2. The number of methoxy groups -OCH3 is 1. The van der Waals surface area contributed by atoms with E-state index >= 15 is 0 Å². The maximum absolute atomic E-state index is 12.5. The Morgan fingerprint density at radius 3 is 2.75 bits per heavy atom. The fourth-order valence-corrected chi connectivity index (χ4v) is 2.83. The van der Waals surface area contributed by atoms with Crippen molar-refractivity contribution >= 4 is 29.2 Å². The number of nitrogen functional groups attached to an aromatic ring is 1. The molecule has 5 N–H and O–H groups in total. The molecule has 0 spiro atoms. The van der Waals surface area contributed by atoms with Gasteiger partial charge in [-0.1, -0.05) is 0 Å². The highest BCUT2D eigenvalue weighted by Crippen LogP contribution is 2.37. The smallest absolute Gasteiger partial charge is 0.292 e. The van der Waals surface area contributed by atoms with E-state index in [1.807, 2.05) is 0 Å². The summed E-state index contributed by atoms with van der Waals surface area (Å²) >= 11 is 0. The van der Waals surface area contributed by atoms with Gasteiger partial charge in [0.15, 0.2) is 11.5 Å². The van der Waals surface area contributed by atoms with Gasteiger partial charge in [-0.25, -0.2) is 4.68 Å². The number of nitrogens with one attached hydrogen (secondary N) is 2. The van der Waals surface area contributed by atoms with Crippen LogP contribution in [-0.4, -0.2) is 34.4 Å². The molecule has 0 fully saturated rings. The van der Waals surface area contributed by atoms with Gasteiger partial charge in [0, 0.05) is 25.2 Å². The summed E-state index contributed by atoms with van der Waals surface area (Å²) in [6.07, 6.45) is 1.57. The Hall–Kier alpha value is -3.10. The monoisotopic (exact) mass is 333 g/mol. The molecule has 0 bridgehead atoms. The number of carbonyl (C=O) groups is 1. The lowest BCUT2D eigenvalue weighted by Gasteiger charge is -2.15.